The number of rotatable bonds is 8. The summed E-state index contributed by atoms with van der Waals surface area (Å²) in [5.74, 6) is 0.268. The minimum Gasteiger partial charge on any atom is -0.491 e. The number of carboxylic acids is 1. The number of halogens is 1. The number of nitriles is 1. The lowest BCUT2D eigenvalue weighted by atomic mass is 10.0. The van der Waals surface area contributed by atoms with Crippen LogP contribution in [0.15, 0.2) is 40.6 Å². The number of aromatic carboxylic acids is 1. The molecule has 44 heavy (non-hydrogen) atoms. The van der Waals surface area contributed by atoms with Gasteiger partial charge in [0.25, 0.3) is 5.56 Å². The van der Waals surface area contributed by atoms with Gasteiger partial charge in [0.2, 0.25) is 0 Å². The largest absolute Gasteiger partial charge is 0.491 e. The van der Waals surface area contributed by atoms with Crippen molar-refractivity contribution < 1.29 is 19.7 Å². The Kier molecular flexibility index (Phi) is 7.94. The van der Waals surface area contributed by atoms with E-state index < -0.39 is 12.1 Å². The molecule has 0 amide bonds. The van der Waals surface area contributed by atoms with Gasteiger partial charge in [-0.2, -0.15) is 5.26 Å². The van der Waals surface area contributed by atoms with Crippen LogP contribution >= 0.6 is 22.9 Å². The lowest BCUT2D eigenvalue weighted by Crippen LogP contribution is -2.29. The van der Waals surface area contributed by atoms with Gasteiger partial charge in [0.05, 0.1) is 45.5 Å². The second-order valence-electron chi connectivity index (χ2n) is 10.5. The van der Waals surface area contributed by atoms with Gasteiger partial charge in [-0.25, -0.2) is 14.8 Å². The van der Waals surface area contributed by atoms with Crippen molar-refractivity contribution in [3.8, 4) is 22.9 Å². The van der Waals surface area contributed by atoms with Crippen molar-refractivity contribution in [2.24, 2.45) is 0 Å². The Hall–Kier alpha value is -4.57. The molecule has 5 heterocycles. The summed E-state index contributed by atoms with van der Waals surface area (Å²) in [5.41, 5.74) is 2.80. The van der Waals surface area contributed by atoms with Gasteiger partial charge in [0, 0.05) is 40.3 Å². The number of aliphatic hydroxyl groups is 1. The van der Waals surface area contributed by atoms with E-state index in [-0.39, 0.29) is 35.2 Å². The van der Waals surface area contributed by atoms with Gasteiger partial charge in [-0.1, -0.05) is 18.5 Å². The summed E-state index contributed by atoms with van der Waals surface area (Å²) in [5, 5.41) is 32.0. The Morgan fingerprint density at radius 1 is 1.27 bits per heavy atom. The van der Waals surface area contributed by atoms with Gasteiger partial charge < -0.3 is 19.8 Å². The summed E-state index contributed by atoms with van der Waals surface area (Å²) in [7, 11) is 0. The number of hydrogen-bond acceptors (Lipinski definition) is 10. The molecule has 5 aromatic rings. The van der Waals surface area contributed by atoms with E-state index in [0.717, 1.165) is 11.3 Å². The van der Waals surface area contributed by atoms with Gasteiger partial charge in [0.1, 0.15) is 35.6 Å². The van der Waals surface area contributed by atoms with E-state index in [9.17, 15) is 25.1 Å². The SMILES string of the molecule is CCc1cc(-c2cc(Cl)ccc2OCCn2c(C)nc3cnc(N4CCC(O)C4)c(C#N)c3c2=O)c2scc(C(=O)O)c2n1. The normalized spacial score (nSPS) is 14.8. The van der Waals surface area contributed by atoms with Gasteiger partial charge in [-0.05, 0) is 44.0 Å². The molecule has 11 nitrogen and oxygen atoms in total. The number of thiophene rings is 1. The maximum Gasteiger partial charge on any atom is 0.338 e. The van der Waals surface area contributed by atoms with Crippen LogP contribution < -0.4 is 15.2 Å². The standard InChI is InChI=1S/C31H27ClN6O5S/c1-3-18-11-21(28-27(36-18)23(15-44-28)31(41)42)20-10-17(32)4-5-25(20)43-9-8-38-16(2)35-24-13-34-29(37-7-6-19(39)14-37)22(12-33)26(24)30(38)40/h4-5,10-11,13,15,19,39H,3,6-9,14H2,1-2H3,(H,41,42). The zero-order valence-electron chi connectivity index (χ0n) is 23.9. The molecular weight excluding hydrogens is 604 g/mol. The molecule has 1 unspecified atom stereocenters. The predicted molar refractivity (Wildman–Crippen MR) is 168 cm³/mol. The number of aliphatic hydroxyl groups excluding tert-OH is 1. The van der Waals surface area contributed by atoms with Crippen LogP contribution in [-0.4, -0.2) is 61.5 Å². The molecule has 0 aliphatic carbocycles. The molecule has 1 fully saturated rings. The Balaban J connectivity index is 1.35. The van der Waals surface area contributed by atoms with E-state index in [2.05, 4.69) is 21.0 Å². The minimum absolute atomic E-state index is 0.0976. The van der Waals surface area contributed by atoms with E-state index >= 15 is 0 Å². The van der Waals surface area contributed by atoms with E-state index in [4.69, 9.17) is 16.3 Å². The molecule has 0 bridgehead atoms. The van der Waals surface area contributed by atoms with Crippen molar-refractivity contribution in [1.29, 1.82) is 5.26 Å². The molecule has 1 aliphatic heterocycles. The number of pyridine rings is 2. The van der Waals surface area contributed by atoms with Gasteiger partial charge in [0.15, 0.2) is 0 Å². The maximum atomic E-state index is 13.8. The number of nitrogens with zero attached hydrogens (tertiary/aromatic N) is 6. The minimum atomic E-state index is -1.05. The Bertz CT molecular complexity index is 2050. The van der Waals surface area contributed by atoms with Crippen molar-refractivity contribution in [2.45, 2.75) is 39.3 Å². The molecular formula is C31H27ClN6O5S. The Labute approximate surface area is 260 Å². The molecule has 2 N–H and O–H groups in total. The zero-order valence-corrected chi connectivity index (χ0v) is 25.4. The first-order valence-corrected chi connectivity index (χ1v) is 15.3. The second-order valence-corrected chi connectivity index (χ2v) is 11.8. The van der Waals surface area contributed by atoms with Gasteiger partial charge in [-0.3, -0.25) is 14.3 Å². The summed E-state index contributed by atoms with van der Waals surface area (Å²) >= 11 is 7.70. The van der Waals surface area contributed by atoms with Crippen LogP contribution in [0.2, 0.25) is 5.02 Å². The quantitative estimate of drug-likeness (QED) is 0.244. The summed E-state index contributed by atoms with van der Waals surface area (Å²) < 4.78 is 8.41. The number of aromatic nitrogens is 4. The van der Waals surface area contributed by atoms with Crippen molar-refractivity contribution >= 4 is 55.8 Å². The van der Waals surface area contributed by atoms with E-state index in [1.54, 1.807) is 30.5 Å². The fourth-order valence-electron chi connectivity index (χ4n) is 5.53. The molecule has 1 aliphatic rings. The molecule has 1 saturated heterocycles. The number of carboxylic acid groups (broad SMARTS) is 1. The number of ether oxygens (including phenoxy) is 1. The van der Waals surface area contributed by atoms with Crippen molar-refractivity contribution in [2.75, 3.05) is 24.6 Å². The van der Waals surface area contributed by atoms with Crippen LogP contribution in [0.25, 0.3) is 32.2 Å². The van der Waals surface area contributed by atoms with E-state index in [1.165, 1.54) is 22.1 Å². The monoisotopic (exact) mass is 630 g/mol. The number of anilines is 1. The van der Waals surface area contributed by atoms with E-state index in [0.29, 0.717) is 69.6 Å². The lowest BCUT2D eigenvalue weighted by Gasteiger charge is -2.19. The van der Waals surface area contributed by atoms with Gasteiger partial charge in [-0.15, -0.1) is 11.3 Å². The number of hydrogen-bond donors (Lipinski definition) is 2. The number of carbonyl (C=O) groups is 1. The smallest absolute Gasteiger partial charge is 0.338 e. The summed E-state index contributed by atoms with van der Waals surface area (Å²) in [6.07, 6.45) is 2.14. The average molecular weight is 631 g/mol. The first-order chi connectivity index (χ1) is 21.2. The first kappa shape index (κ1) is 29.5. The molecule has 1 atom stereocenters. The van der Waals surface area contributed by atoms with Crippen molar-refractivity contribution in [1.82, 2.24) is 19.5 Å². The number of aryl methyl sites for hydroxylation is 2. The number of β-amino-alcohol motifs (C(OH)–C–C–N with tert-alkyl or cyclic N) is 1. The zero-order chi connectivity index (χ0) is 31.1. The molecule has 224 valence electrons. The highest BCUT2D eigenvalue weighted by Crippen LogP contribution is 2.40. The molecule has 0 spiro atoms. The second kappa shape index (κ2) is 11.8. The highest BCUT2D eigenvalue weighted by molar-refractivity contribution is 7.18. The summed E-state index contributed by atoms with van der Waals surface area (Å²) in [4.78, 5) is 41.0. The van der Waals surface area contributed by atoms with Gasteiger partial charge >= 0.3 is 5.97 Å². The molecule has 6 rings (SSSR count). The third kappa shape index (κ3) is 5.23. The number of benzene rings is 1. The Morgan fingerprint density at radius 2 is 2.09 bits per heavy atom. The van der Waals surface area contributed by atoms with Crippen LogP contribution in [0.3, 0.4) is 0 Å². The molecule has 0 saturated carbocycles. The van der Waals surface area contributed by atoms with Crippen molar-refractivity contribution in [3.05, 3.63) is 73.9 Å². The fraction of sp³-hybridized carbons (Fsp3) is 0.290. The van der Waals surface area contributed by atoms with Crippen LogP contribution in [0.4, 0.5) is 5.82 Å². The lowest BCUT2D eigenvalue weighted by molar-refractivity contribution is 0.0699. The third-order valence-electron chi connectivity index (χ3n) is 7.72. The summed E-state index contributed by atoms with van der Waals surface area (Å²) in [6.45, 7) is 4.77. The molecule has 0 radical (unpaired) electrons. The predicted octanol–water partition coefficient (Wildman–Crippen LogP) is 4.81. The molecule has 4 aromatic heterocycles. The molecule has 13 heteroatoms. The number of fused-ring (bicyclic) bond motifs is 2. The summed E-state index contributed by atoms with van der Waals surface area (Å²) in [6, 6.07) is 9.27. The van der Waals surface area contributed by atoms with Crippen molar-refractivity contribution in [3.63, 3.8) is 0 Å². The fourth-order valence-corrected chi connectivity index (χ4v) is 6.72. The topological polar surface area (TPSA) is 154 Å². The Morgan fingerprint density at radius 3 is 2.80 bits per heavy atom. The first-order valence-electron chi connectivity index (χ1n) is 14.0. The third-order valence-corrected chi connectivity index (χ3v) is 8.96. The maximum absolute atomic E-state index is 13.8. The van der Waals surface area contributed by atoms with Crippen LogP contribution in [-0.2, 0) is 13.0 Å². The van der Waals surface area contributed by atoms with Crippen LogP contribution in [0, 0.1) is 18.3 Å². The van der Waals surface area contributed by atoms with Crippen LogP contribution in [0.1, 0.15) is 40.8 Å². The highest BCUT2D eigenvalue weighted by atomic mass is 35.5. The highest BCUT2D eigenvalue weighted by Gasteiger charge is 2.26. The molecule has 1 aromatic carbocycles. The van der Waals surface area contributed by atoms with Crippen LogP contribution in [0.5, 0.6) is 5.75 Å². The van der Waals surface area contributed by atoms with E-state index in [1.807, 2.05) is 17.9 Å². The average Bonchev–Trinajstić information content (AvgIpc) is 3.64.